The second-order valence-corrected chi connectivity index (χ2v) is 6.89. The molecule has 2 heterocycles. The number of aliphatic hydroxyl groups is 1. The molecular weight excluding hydrogens is 324 g/mol. The van der Waals surface area contributed by atoms with Crippen molar-refractivity contribution in [2.75, 3.05) is 13.1 Å². The number of β-amino-alcohol motifs (C(OH)–C–C–N with tert-alkyl or cyclic N) is 1. The number of hydrogen-bond acceptors (Lipinski definition) is 3. The zero-order chi connectivity index (χ0) is 18.1. The first-order valence-electron chi connectivity index (χ1n) is 9.03. The van der Waals surface area contributed by atoms with Gasteiger partial charge in [-0.05, 0) is 36.1 Å². The summed E-state index contributed by atoms with van der Waals surface area (Å²) in [7, 11) is 0. The molecule has 1 aliphatic rings. The van der Waals surface area contributed by atoms with Gasteiger partial charge in [-0.25, -0.2) is 0 Å². The van der Waals surface area contributed by atoms with Crippen molar-refractivity contribution >= 4 is 16.8 Å². The van der Waals surface area contributed by atoms with Crippen LogP contribution in [0, 0.1) is 6.92 Å². The Hall–Kier alpha value is -2.72. The summed E-state index contributed by atoms with van der Waals surface area (Å²) in [5, 5.41) is 10.8. The second kappa shape index (κ2) is 6.89. The molecule has 132 valence electrons. The Morgan fingerprint density at radius 3 is 2.62 bits per heavy atom. The molecule has 0 spiro atoms. The molecule has 0 saturated carbocycles. The number of carbonyl (C=O) groups excluding carboxylic acids is 1. The third-order valence-electron chi connectivity index (χ3n) is 5.11. The summed E-state index contributed by atoms with van der Waals surface area (Å²) in [4.78, 5) is 19.3. The van der Waals surface area contributed by atoms with Gasteiger partial charge in [-0.1, -0.05) is 48.5 Å². The molecule has 26 heavy (non-hydrogen) atoms. The van der Waals surface area contributed by atoms with Gasteiger partial charge >= 0.3 is 0 Å². The van der Waals surface area contributed by atoms with Crippen LogP contribution in [0.25, 0.3) is 22.0 Å². The van der Waals surface area contributed by atoms with Crippen LogP contribution in [0.15, 0.2) is 54.6 Å². The third-order valence-corrected chi connectivity index (χ3v) is 5.11. The molecule has 0 unspecified atom stereocenters. The van der Waals surface area contributed by atoms with Gasteiger partial charge in [0.15, 0.2) is 0 Å². The summed E-state index contributed by atoms with van der Waals surface area (Å²) >= 11 is 0. The minimum atomic E-state index is -0.400. The lowest BCUT2D eigenvalue weighted by atomic mass is 9.92. The Bertz CT molecular complexity index is 953. The van der Waals surface area contributed by atoms with E-state index in [9.17, 15) is 9.90 Å². The number of amides is 1. The van der Waals surface area contributed by atoms with Gasteiger partial charge in [0.25, 0.3) is 0 Å². The van der Waals surface area contributed by atoms with Crippen molar-refractivity contribution in [1.82, 2.24) is 9.88 Å². The van der Waals surface area contributed by atoms with E-state index in [1.807, 2.05) is 43.3 Å². The van der Waals surface area contributed by atoms with Gasteiger partial charge in [-0.2, -0.15) is 0 Å². The van der Waals surface area contributed by atoms with Crippen LogP contribution in [-0.2, 0) is 11.2 Å². The number of nitrogens with zero attached hydrogens (tertiary/aromatic N) is 2. The van der Waals surface area contributed by atoms with E-state index in [2.05, 4.69) is 18.2 Å². The highest BCUT2D eigenvalue weighted by Gasteiger charge is 2.26. The summed E-state index contributed by atoms with van der Waals surface area (Å²) in [6, 6.07) is 18.3. The molecule has 4 nitrogen and oxygen atoms in total. The van der Waals surface area contributed by atoms with E-state index < -0.39 is 6.10 Å². The molecular formula is C22H22N2O2. The molecule has 1 aromatic heterocycles. The lowest BCUT2D eigenvalue weighted by molar-refractivity contribution is -0.129. The average molecular weight is 346 g/mol. The Kier molecular flexibility index (Phi) is 4.43. The molecule has 1 aliphatic heterocycles. The quantitative estimate of drug-likeness (QED) is 0.791. The SMILES string of the molecule is Cc1nc2ccccc2c(-c2ccccc2)c1CC(=O)N1CC[C@H](O)C1. The molecule has 4 heteroatoms. The standard InChI is InChI=1S/C22H22N2O2/c1-15-19(13-21(26)24-12-11-17(25)14-24)22(16-7-3-2-4-8-16)18-9-5-6-10-20(18)23-15/h2-10,17,25H,11-14H2,1H3/t17-/m0/s1. The van der Waals surface area contributed by atoms with Crippen molar-refractivity contribution in [3.05, 3.63) is 65.9 Å². The second-order valence-electron chi connectivity index (χ2n) is 6.89. The summed E-state index contributed by atoms with van der Waals surface area (Å²) in [6.07, 6.45) is 0.565. The molecule has 1 amide bonds. The first kappa shape index (κ1) is 16.7. The van der Waals surface area contributed by atoms with Crippen LogP contribution in [-0.4, -0.2) is 40.1 Å². The number of carbonyl (C=O) groups is 1. The third kappa shape index (κ3) is 3.08. The number of benzene rings is 2. The maximum Gasteiger partial charge on any atom is 0.227 e. The fourth-order valence-corrected chi connectivity index (χ4v) is 3.76. The van der Waals surface area contributed by atoms with Crippen molar-refractivity contribution in [2.45, 2.75) is 25.9 Å². The van der Waals surface area contributed by atoms with E-state index in [-0.39, 0.29) is 5.91 Å². The van der Waals surface area contributed by atoms with Gasteiger partial charge in [0, 0.05) is 24.2 Å². The van der Waals surface area contributed by atoms with Crippen molar-refractivity contribution in [1.29, 1.82) is 0 Å². The Balaban J connectivity index is 1.83. The maximum absolute atomic E-state index is 12.8. The first-order chi connectivity index (χ1) is 12.6. The van der Waals surface area contributed by atoms with Crippen LogP contribution >= 0.6 is 0 Å². The number of rotatable bonds is 3. The van der Waals surface area contributed by atoms with Crippen LogP contribution in [0.1, 0.15) is 17.7 Å². The Morgan fingerprint density at radius 2 is 1.88 bits per heavy atom. The van der Waals surface area contributed by atoms with Crippen molar-refractivity contribution in [3.8, 4) is 11.1 Å². The lowest BCUT2D eigenvalue weighted by Crippen LogP contribution is -2.31. The van der Waals surface area contributed by atoms with Gasteiger partial charge < -0.3 is 10.0 Å². The van der Waals surface area contributed by atoms with Crippen LogP contribution in [0.3, 0.4) is 0 Å². The highest BCUT2D eigenvalue weighted by atomic mass is 16.3. The van der Waals surface area contributed by atoms with Crippen molar-refractivity contribution in [3.63, 3.8) is 0 Å². The van der Waals surface area contributed by atoms with Crippen LogP contribution in [0.2, 0.25) is 0 Å². The largest absolute Gasteiger partial charge is 0.391 e. The average Bonchev–Trinajstić information content (AvgIpc) is 3.09. The molecule has 0 bridgehead atoms. The molecule has 1 atom stereocenters. The van der Waals surface area contributed by atoms with Crippen LogP contribution in [0.5, 0.6) is 0 Å². The molecule has 0 radical (unpaired) electrons. The van der Waals surface area contributed by atoms with Gasteiger partial charge in [0.2, 0.25) is 5.91 Å². The highest BCUT2D eigenvalue weighted by molar-refractivity contribution is 5.98. The highest BCUT2D eigenvalue weighted by Crippen LogP contribution is 2.33. The Morgan fingerprint density at radius 1 is 1.15 bits per heavy atom. The van der Waals surface area contributed by atoms with Gasteiger partial charge in [-0.15, -0.1) is 0 Å². The fourth-order valence-electron chi connectivity index (χ4n) is 3.76. The van der Waals surface area contributed by atoms with Crippen LogP contribution < -0.4 is 0 Å². The molecule has 4 rings (SSSR count). The molecule has 3 aromatic rings. The molecule has 1 N–H and O–H groups in total. The van der Waals surface area contributed by atoms with E-state index in [0.717, 1.165) is 33.3 Å². The monoisotopic (exact) mass is 346 g/mol. The van der Waals surface area contributed by atoms with Gasteiger partial charge in [0.1, 0.15) is 0 Å². The maximum atomic E-state index is 12.8. The Labute approximate surface area is 153 Å². The van der Waals surface area contributed by atoms with Gasteiger partial charge in [-0.3, -0.25) is 9.78 Å². The zero-order valence-corrected chi connectivity index (χ0v) is 14.9. The number of aryl methyl sites for hydroxylation is 1. The van der Waals surface area contributed by atoms with Crippen molar-refractivity contribution in [2.24, 2.45) is 0 Å². The molecule has 1 saturated heterocycles. The van der Waals surface area contributed by atoms with E-state index in [4.69, 9.17) is 4.98 Å². The summed E-state index contributed by atoms with van der Waals surface area (Å²) in [5.41, 5.74) is 4.98. The summed E-state index contributed by atoms with van der Waals surface area (Å²) in [5.74, 6) is 0.0545. The zero-order valence-electron chi connectivity index (χ0n) is 14.9. The lowest BCUT2D eigenvalue weighted by Gasteiger charge is -2.19. The van der Waals surface area contributed by atoms with Crippen molar-refractivity contribution < 1.29 is 9.90 Å². The number of likely N-dealkylation sites (tertiary alicyclic amines) is 1. The fraction of sp³-hybridized carbons (Fsp3) is 0.273. The van der Waals surface area contributed by atoms with Gasteiger partial charge in [0.05, 0.1) is 18.0 Å². The molecule has 1 fully saturated rings. The number of para-hydroxylation sites is 1. The van der Waals surface area contributed by atoms with E-state index >= 15 is 0 Å². The number of fused-ring (bicyclic) bond motifs is 1. The molecule has 2 aromatic carbocycles. The van der Waals surface area contributed by atoms with E-state index in [0.29, 0.717) is 25.9 Å². The minimum absolute atomic E-state index is 0.0545. The smallest absolute Gasteiger partial charge is 0.227 e. The topological polar surface area (TPSA) is 53.4 Å². The summed E-state index contributed by atoms with van der Waals surface area (Å²) < 4.78 is 0. The molecule has 0 aliphatic carbocycles. The predicted octanol–water partition coefficient (Wildman–Crippen LogP) is 3.35. The summed E-state index contributed by atoms with van der Waals surface area (Å²) in [6.45, 7) is 3.03. The van der Waals surface area contributed by atoms with E-state index in [1.54, 1.807) is 4.90 Å². The predicted molar refractivity (Wildman–Crippen MR) is 103 cm³/mol. The number of aliphatic hydroxyl groups excluding tert-OH is 1. The first-order valence-corrected chi connectivity index (χ1v) is 9.03. The minimum Gasteiger partial charge on any atom is -0.391 e. The van der Waals surface area contributed by atoms with E-state index in [1.165, 1.54) is 0 Å². The number of aromatic nitrogens is 1. The van der Waals surface area contributed by atoms with Crippen LogP contribution in [0.4, 0.5) is 0 Å². The normalized spacial score (nSPS) is 17.0. The number of pyridine rings is 1. The number of hydrogen-bond donors (Lipinski definition) is 1.